The average molecular weight is 353 g/mol. The lowest BCUT2D eigenvalue weighted by atomic mass is 10.1. The van der Waals surface area contributed by atoms with Crippen molar-refractivity contribution in [2.75, 3.05) is 5.32 Å². The number of nitro benzene ring substituents is 2. The molecular formula is C17H11N3O6. The van der Waals surface area contributed by atoms with Crippen molar-refractivity contribution >= 4 is 39.5 Å². The molecule has 9 heteroatoms. The lowest BCUT2D eigenvalue weighted by Crippen LogP contribution is -2.04. The number of anilines is 2. The van der Waals surface area contributed by atoms with E-state index < -0.39 is 15.8 Å². The first-order chi connectivity index (χ1) is 12.4. The topological polar surface area (TPSA) is 136 Å². The van der Waals surface area contributed by atoms with E-state index in [4.69, 9.17) is 0 Å². The lowest BCUT2D eigenvalue weighted by Gasteiger charge is -2.12. The Morgan fingerprint density at radius 3 is 2.19 bits per heavy atom. The number of benzene rings is 3. The molecule has 3 rings (SSSR count). The van der Waals surface area contributed by atoms with Crippen molar-refractivity contribution in [1.82, 2.24) is 0 Å². The van der Waals surface area contributed by atoms with E-state index >= 15 is 0 Å². The Hall–Kier alpha value is -4.01. The second kappa shape index (κ2) is 6.48. The lowest BCUT2D eigenvalue weighted by molar-refractivity contribution is -0.384. The minimum atomic E-state index is -1.26. The van der Waals surface area contributed by atoms with Crippen LogP contribution in [0.3, 0.4) is 0 Å². The van der Waals surface area contributed by atoms with E-state index in [0.717, 1.165) is 18.2 Å². The van der Waals surface area contributed by atoms with Crippen LogP contribution in [0.5, 0.6) is 0 Å². The van der Waals surface area contributed by atoms with Gasteiger partial charge in [-0.05, 0) is 18.2 Å². The van der Waals surface area contributed by atoms with Crippen LogP contribution in [-0.4, -0.2) is 20.9 Å². The Kier molecular flexibility index (Phi) is 4.19. The molecule has 0 aliphatic heterocycles. The average Bonchev–Trinajstić information content (AvgIpc) is 2.61. The molecule has 0 aromatic heterocycles. The summed E-state index contributed by atoms with van der Waals surface area (Å²) >= 11 is 0. The van der Waals surface area contributed by atoms with Gasteiger partial charge in [-0.1, -0.05) is 18.2 Å². The number of nitro groups is 2. The maximum Gasteiger partial charge on any atom is 0.337 e. The molecule has 130 valence electrons. The molecule has 0 aliphatic rings. The zero-order valence-electron chi connectivity index (χ0n) is 13.1. The third kappa shape index (κ3) is 3.00. The largest absolute Gasteiger partial charge is 0.478 e. The third-order valence-electron chi connectivity index (χ3n) is 3.81. The van der Waals surface area contributed by atoms with Crippen molar-refractivity contribution < 1.29 is 19.7 Å². The molecule has 0 amide bonds. The summed E-state index contributed by atoms with van der Waals surface area (Å²) < 4.78 is 0. The second-order valence-corrected chi connectivity index (χ2v) is 5.35. The Bertz CT molecular complexity index is 1060. The summed E-state index contributed by atoms with van der Waals surface area (Å²) in [5, 5.41) is 35.2. The van der Waals surface area contributed by atoms with E-state index in [1.54, 1.807) is 24.3 Å². The minimum Gasteiger partial charge on any atom is -0.478 e. The van der Waals surface area contributed by atoms with Gasteiger partial charge < -0.3 is 10.4 Å². The zero-order valence-corrected chi connectivity index (χ0v) is 13.1. The number of nitrogens with zero attached hydrogens (tertiary/aromatic N) is 2. The molecular weight excluding hydrogens is 342 g/mol. The molecule has 0 atom stereocenters. The van der Waals surface area contributed by atoms with Crippen LogP contribution in [0.2, 0.25) is 0 Å². The van der Waals surface area contributed by atoms with Crippen molar-refractivity contribution in [3.05, 3.63) is 80.4 Å². The van der Waals surface area contributed by atoms with Gasteiger partial charge in [0.1, 0.15) is 0 Å². The number of carbonyl (C=O) groups is 1. The first-order valence-corrected chi connectivity index (χ1v) is 7.33. The third-order valence-corrected chi connectivity index (χ3v) is 3.81. The molecule has 2 N–H and O–H groups in total. The molecule has 0 unspecified atom stereocenters. The maximum absolute atomic E-state index is 11.4. The molecule has 3 aromatic carbocycles. The normalized spacial score (nSPS) is 10.5. The molecule has 0 aliphatic carbocycles. The minimum absolute atomic E-state index is 0.0192. The van der Waals surface area contributed by atoms with Gasteiger partial charge in [0, 0.05) is 29.3 Å². The number of fused-ring (bicyclic) bond motifs is 1. The Labute approximate surface area is 145 Å². The Morgan fingerprint density at radius 2 is 1.58 bits per heavy atom. The van der Waals surface area contributed by atoms with Crippen LogP contribution >= 0.6 is 0 Å². The van der Waals surface area contributed by atoms with E-state index in [1.807, 2.05) is 0 Å². The predicted molar refractivity (Wildman–Crippen MR) is 93.9 cm³/mol. The van der Waals surface area contributed by atoms with Crippen LogP contribution in [0.4, 0.5) is 22.7 Å². The van der Waals surface area contributed by atoms with Gasteiger partial charge in [0.15, 0.2) is 0 Å². The summed E-state index contributed by atoms with van der Waals surface area (Å²) in [6, 6.07) is 12.6. The molecule has 3 aromatic rings. The van der Waals surface area contributed by atoms with Crippen molar-refractivity contribution in [1.29, 1.82) is 0 Å². The fourth-order valence-corrected chi connectivity index (χ4v) is 2.63. The predicted octanol–water partition coefficient (Wildman–Crippen LogP) is 4.10. The van der Waals surface area contributed by atoms with Gasteiger partial charge in [-0.15, -0.1) is 0 Å². The first kappa shape index (κ1) is 16.8. The number of hydrogen-bond donors (Lipinski definition) is 2. The summed E-state index contributed by atoms with van der Waals surface area (Å²) in [5.41, 5.74) is -0.106. The van der Waals surface area contributed by atoms with Gasteiger partial charge in [0.05, 0.1) is 26.5 Å². The molecule has 26 heavy (non-hydrogen) atoms. The van der Waals surface area contributed by atoms with Crippen LogP contribution in [-0.2, 0) is 0 Å². The summed E-state index contributed by atoms with van der Waals surface area (Å²) in [6.45, 7) is 0. The second-order valence-electron chi connectivity index (χ2n) is 5.35. The van der Waals surface area contributed by atoms with E-state index in [-0.39, 0.29) is 22.6 Å². The van der Waals surface area contributed by atoms with Crippen molar-refractivity contribution in [2.24, 2.45) is 0 Å². The van der Waals surface area contributed by atoms with Crippen LogP contribution in [0.25, 0.3) is 10.8 Å². The monoisotopic (exact) mass is 353 g/mol. The highest BCUT2D eigenvalue weighted by Crippen LogP contribution is 2.34. The summed E-state index contributed by atoms with van der Waals surface area (Å²) in [7, 11) is 0. The first-order valence-electron chi connectivity index (χ1n) is 7.33. The Balaban J connectivity index is 2.17. The Morgan fingerprint density at radius 1 is 0.885 bits per heavy atom. The fraction of sp³-hybridized carbons (Fsp3) is 0. The van der Waals surface area contributed by atoms with E-state index in [2.05, 4.69) is 5.32 Å². The van der Waals surface area contributed by atoms with Crippen LogP contribution in [0.15, 0.2) is 54.6 Å². The van der Waals surface area contributed by atoms with Crippen molar-refractivity contribution in [2.45, 2.75) is 0 Å². The number of aromatic carboxylic acids is 1. The number of nitrogens with one attached hydrogen (secondary N) is 1. The zero-order chi connectivity index (χ0) is 18.8. The highest BCUT2D eigenvalue weighted by atomic mass is 16.6. The van der Waals surface area contributed by atoms with Crippen molar-refractivity contribution in [3.8, 4) is 0 Å². The van der Waals surface area contributed by atoms with E-state index in [9.17, 15) is 30.1 Å². The number of hydrogen-bond acceptors (Lipinski definition) is 6. The van der Waals surface area contributed by atoms with Gasteiger partial charge in [-0.3, -0.25) is 20.2 Å². The quantitative estimate of drug-likeness (QED) is 0.520. The summed E-state index contributed by atoms with van der Waals surface area (Å²) in [6.07, 6.45) is 0. The molecule has 0 heterocycles. The smallest absolute Gasteiger partial charge is 0.337 e. The molecule has 0 spiro atoms. The highest BCUT2D eigenvalue weighted by Gasteiger charge is 2.18. The summed E-state index contributed by atoms with van der Waals surface area (Å²) in [4.78, 5) is 32.4. The van der Waals surface area contributed by atoms with Gasteiger partial charge in [0.25, 0.3) is 11.4 Å². The van der Waals surface area contributed by atoms with Gasteiger partial charge in [0.2, 0.25) is 0 Å². The fourth-order valence-electron chi connectivity index (χ4n) is 2.63. The number of non-ortho nitro benzene ring substituents is 2. The maximum atomic E-state index is 11.4. The standard InChI is InChI=1S/C17H11N3O6/c21-17(22)13-6-5-10(19(23)24)9-15(13)18-14-7-8-16(20(25)26)12-4-2-1-3-11(12)14/h1-9,18H,(H,21,22). The van der Waals surface area contributed by atoms with Crippen LogP contribution in [0.1, 0.15) is 10.4 Å². The molecule has 0 saturated heterocycles. The summed E-state index contributed by atoms with van der Waals surface area (Å²) in [5.74, 6) is -1.26. The number of carboxylic acid groups (broad SMARTS) is 1. The SMILES string of the molecule is O=C(O)c1ccc([N+](=O)[O-])cc1Nc1ccc([N+](=O)[O-])c2ccccc12. The van der Waals surface area contributed by atoms with Crippen molar-refractivity contribution in [3.63, 3.8) is 0 Å². The van der Waals surface area contributed by atoms with E-state index in [1.165, 1.54) is 12.1 Å². The molecule has 9 nitrogen and oxygen atoms in total. The number of rotatable bonds is 5. The van der Waals surface area contributed by atoms with Gasteiger partial charge in [-0.25, -0.2) is 4.79 Å². The highest BCUT2D eigenvalue weighted by molar-refractivity contribution is 6.03. The molecule has 0 saturated carbocycles. The van der Waals surface area contributed by atoms with Crippen LogP contribution < -0.4 is 5.32 Å². The molecule has 0 radical (unpaired) electrons. The van der Waals surface area contributed by atoms with Gasteiger partial charge in [-0.2, -0.15) is 0 Å². The van der Waals surface area contributed by atoms with Crippen LogP contribution in [0, 0.1) is 20.2 Å². The number of carboxylic acids is 1. The molecule has 0 fully saturated rings. The molecule has 0 bridgehead atoms. The van der Waals surface area contributed by atoms with E-state index in [0.29, 0.717) is 16.5 Å². The van der Waals surface area contributed by atoms with Gasteiger partial charge >= 0.3 is 5.97 Å².